The van der Waals surface area contributed by atoms with Gasteiger partial charge in [-0.15, -0.1) is 0 Å². The Labute approximate surface area is 152 Å². The number of piperazine rings is 1. The smallest absolute Gasteiger partial charge is 0.261 e. The number of hydrogen-bond acceptors (Lipinski definition) is 3. The molecule has 0 radical (unpaired) electrons. The van der Waals surface area contributed by atoms with Crippen molar-refractivity contribution < 1.29 is 9.59 Å². The number of likely N-dealkylation sites (tertiary alicyclic amines) is 1. The number of benzene rings is 1. The molecular weight excluding hydrogens is 328 g/mol. The lowest BCUT2D eigenvalue weighted by Gasteiger charge is -2.47. The summed E-state index contributed by atoms with van der Waals surface area (Å²) in [6, 6.07) is 7.73. The van der Waals surface area contributed by atoms with Crippen molar-refractivity contribution in [3.05, 3.63) is 35.5 Å². The predicted octanol–water partition coefficient (Wildman–Crippen LogP) is 1.92. The van der Waals surface area contributed by atoms with Gasteiger partial charge in [0.1, 0.15) is 6.04 Å². The first-order valence-corrected chi connectivity index (χ1v) is 9.65. The summed E-state index contributed by atoms with van der Waals surface area (Å²) in [5.74, 6) is 0.0311. The minimum absolute atomic E-state index is 0.0177. The summed E-state index contributed by atoms with van der Waals surface area (Å²) >= 11 is 0. The average molecular weight is 352 g/mol. The number of nitrogens with zero attached hydrogens (tertiary/aromatic N) is 2. The van der Waals surface area contributed by atoms with Gasteiger partial charge in [0.15, 0.2) is 6.17 Å². The number of aromatic amines is 1. The van der Waals surface area contributed by atoms with Crippen LogP contribution in [0.15, 0.2) is 24.3 Å². The van der Waals surface area contributed by atoms with Gasteiger partial charge in [-0.05, 0) is 30.9 Å². The SMILES string of the molecule is CCC1c2[nH]c3ccccc3c2C[C@H]2C(=O)NC(N3CCCC3)C(=O)N12. The Morgan fingerprint density at radius 2 is 1.92 bits per heavy atom. The molecule has 5 rings (SSSR count). The molecule has 2 saturated heterocycles. The lowest BCUT2D eigenvalue weighted by atomic mass is 9.88. The van der Waals surface area contributed by atoms with Gasteiger partial charge in [0.2, 0.25) is 5.91 Å². The molecule has 136 valence electrons. The molecule has 2 fully saturated rings. The molecular formula is C20H24N4O2. The third-order valence-corrected chi connectivity index (χ3v) is 6.21. The van der Waals surface area contributed by atoms with Gasteiger partial charge >= 0.3 is 0 Å². The van der Waals surface area contributed by atoms with Crippen LogP contribution in [0.2, 0.25) is 0 Å². The van der Waals surface area contributed by atoms with Crippen LogP contribution in [0.1, 0.15) is 43.5 Å². The average Bonchev–Trinajstić information content (AvgIpc) is 3.30. The fraction of sp³-hybridized carbons (Fsp3) is 0.500. The van der Waals surface area contributed by atoms with E-state index in [-0.39, 0.29) is 17.9 Å². The number of para-hydroxylation sites is 1. The molecule has 4 heterocycles. The van der Waals surface area contributed by atoms with Crippen LogP contribution >= 0.6 is 0 Å². The van der Waals surface area contributed by atoms with E-state index in [4.69, 9.17) is 0 Å². The number of nitrogens with one attached hydrogen (secondary N) is 2. The molecule has 2 unspecified atom stereocenters. The zero-order valence-electron chi connectivity index (χ0n) is 15.0. The number of aromatic nitrogens is 1. The van der Waals surface area contributed by atoms with Crippen molar-refractivity contribution in [1.29, 1.82) is 0 Å². The summed E-state index contributed by atoms with van der Waals surface area (Å²) in [6.07, 6.45) is 3.06. The molecule has 2 amide bonds. The second-order valence-electron chi connectivity index (χ2n) is 7.61. The summed E-state index contributed by atoms with van der Waals surface area (Å²) in [5.41, 5.74) is 3.38. The summed E-state index contributed by atoms with van der Waals surface area (Å²) < 4.78 is 0. The van der Waals surface area contributed by atoms with Crippen LogP contribution in [0.25, 0.3) is 10.9 Å². The van der Waals surface area contributed by atoms with Crippen molar-refractivity contribution in [2.45, 2.75) is 50.9 Å². The van der Waals surface area contributed by atoms with Gasteiger partial charge in [-0.3, -0.25) is 14.5 Å². The highest BCUT2D eigenvalue weighted by atomic mass is 16.2. The van der Waals surface area contributed by atoms with Crippen LogP contribution in [-0.2, 0) is 16.0 Å². The Bertz CT molecular complexity index is 883. The van der Waals surface area contributed by atoms with Gasteiger partial charge in [-0.1, -0.05) is 25.1 Å². The van der Waals surface area contributed by atoms with Crippen LogP contribution in [0.3, 0.4) is 0 Å². The van der Waals surface area contributed by atoms with E-state index in [2.05, 4.69) is 34.3 Å². The van der Waals surface area contributed by atoms with E-state index >= 15 is 0 Å². The maximum Gasteiger partial charge on any atom is 0.261 e. The fourth-order valence-electron chi connectivity index (χ4n) is 4.98. The number of rotatable bonds is 2. The van der Waals surface area contributed by atoms with Crippen LogP contribution in [-0.4, -0.2) is 51.9 Å². The molecule has 0 saturated carbocycles. The van der Waals surface area contributed by atoms with Crippen LogP contribution in [0.4, 0.5) is 0 Å². The predicted molar refractivity (Wildman–Crippen MR) is 98.4 cm³/mol. The van der Waals surface area contributed by atoms with E-state index in [1.165, 1.54) is 10.9 Å². The zero-order chi connectivity index (χ0) is 17.8. The number of carbonyl (C=O) groups is 2. The highest BCUT2D eigenvalue weighted by molar-refractivity contribution is 5.98. The van der Waals surface area contributed by atoms with E-state index < -0.39 is 12.2 Å². The molecule has 2 aromatic rings. The second kappa shape index (κ2) is 5.84. The van der Waals surface area contributed by atoms with Gasteiger partial charge in [0.05, 0.1) is 6.04 Å². The first-order valence-electron chi connectivity index (χ1n) is 9.65. The van der Waals surface area contributed by atoms with E-state index in [1.54, 1.807) is 0 Å². The topological polar surface area (TPSA) is 68.4 Å². The van der Waals surface area contributed by atoms with Gasteiger partial charge in [-0.2, -0.15) is 0 Å². The van der Waals surface area contributed by atoms with Crippen LogP contribution < -0.4 is 5.32 Å². The first kappa shape index (κ1) is 15.9. The van der Waals surface area contributed by atoms with Crippen molar-refractivity contribution >= 4 is 22.7 Å². The van der Waals surface area contributed by atoms with Gasteiger partial charge in [0, 0.05) is 36.1 Å². The zero-order valence-corrected chi connectivity index (χ0v) is 15.0. The van der Waals surface area contributed by atoms with E-state index in [1.807, 2.05) is 17.0 Å². The minimum Gasteiger partial charge on any atom is -0.356 e. The van der Waals surface area contributed by atoms with Crippen molar-refractivity contribution in [2.75, 3.05) is 13.1 Å². The van der Waals surface area contributed by atoms with Crippen molar-refractivity contribution in [3.63, 3.8) is 0 Å². The quantitative estimate of drug-likeness (QED) is 0.868. The Morgan fingerprint density at radius 3 is 2.69 bits per heavy atom. The third-order valence-electron chi connectivity index (χ3n) is 6.21. The number of carbonyl (C=O) groups excluding carboxylic acids is 2. The summed E-state index contributed by atoms with van der Waals surface area (Å²) in [4.78, 5) is 33.8. The number of H-pyrrole nitrogens is 1. The highest BCUT2D eigenvalue weighted by Gasteiger charge is 2.49. The van der Waals surface area contributed by atoms with Gasteiger partial charge < -0.3 is 15.2 Å². The molecule has 3 aliphatic heterocycles. The van der Waals surface area contributed by atoms with Crippen LogP contribution in [0, 0.1) is 0 Å². The molecule has 3 aliphatic rings. The molecule has 0 spiro atoms. The molecule has 2 N–H and O–H groups in total. The highest BCUT2D eigenvalue weighted by Crippen LogP contribution is 2.40. The Kier molecular flexibility index (Phi) is 3.57. The monoisotopic (exact) mass is 352 g/mol. The van der Waals surface area contributed by atoms with E-state index in [0.29, 0.717) is 6.42 Å². The molecule has 26 heavy (non-hydrogen) atoms. The molecule has 3 atom stereocenters. The molecule has 0 bridgehead atoms. The van der Waals surface area contributed by atoms with Crippen molar-refractivity contribution in [2.24, 2.45) is 0 Å². The molecule has 1 aromatic heterocycles. The molecule has 1 aromatic carbocycles. The van der Waals surface area contributed by atoms with Gasteiger partial charge in [0.25, 0.3) is 5.91 Å². The van der Waals surface area contributed by atoms with Crippen LogP contribution in [0.5, 0.6) is 0 Å². The number of hydrogen-bond donors (Lipinski definition) is 2. The fourth-order valence-corrected chi connectivity index (χ4v) is 4.98. The summed E-state index contributed by atoms with van der Waals surface area (Å²) in [6.45, 7) is 3.85. The minimum atomic E-state index is -0.499. The lowest BCUT2D eigenvalue weighted by Crippen LogP contribution is -2.69. The third kappa shape index (κ3) is 2.14. The maximum atomic E-state index is 13.3. The first-order chi connectivity index (χ1) is 12.7. The lowest BCUT2D eigenvalue weighted by molar-refractivity contribution is -0.158. The largest absolute Gasteiger partial charge is 0.356 e. The Morgan fingerprint density at radius 1 is 1.15 bits per heavy atom. The van der Waals surface area contributed by atoms with Gasteiger partial charge in [-0.25, -0.2) is 0 Å². The molecule has 6 nitrogen and oxygen atoms in total. The van der Waals surface area contributed by atoms with Crippen molar-refractivity contribution in [1.82, 2.24) is 20.1 Å². The Balaban J connectivity index is 1.59. The van der Waals surface area contributed by atoms with E-state index in [9.17, 15) is 9.59 Å². The molecule has 6 heteroatoms. The normalized spacial score (nSPS) is 29.0. The standard InChI is InChI=1S/C20H24N4O2/c1-2-15-17-13(12-7-3-4-8-14(12)21-17)11-16-19(25)22-18(20(26)24(15)16)23-9-5-6-10-23/h3-4,7-8,15-16,18,21H,2,5-6,9-11H2,1H3,(H,22,25)/t15?,16-,18?/m0/s1. The summed E-state index contributed by atoms with van der Waals surface area (Å²) in [7, 11) is 0. The van der Waals surface area contributed by atoms with Crippen molar-refractivity contribution in [3.8, 4) is 0 Å². The second-order valence-corrected chi connectivity index (χ2v) is 7.61. The van der Waals surface area contributed by atoms with E-state index in [0.717, 1.165) is 43.6 Å². The Hall–Kier alpha value is -2.34. The summed E-state index contributed by atoms with van der Waals surface area (Å²) in [5, 5.41) is 4.18. The number of fused-ring (bicyclic) bond motifs is 4. The maximum absolute atomic E-state index is 13.3. The number of amides is 2. The molecule has 0 aliphatic carbocycles.